The Morgan fingerprint density at radius 1 is 0.705 bits per heavy atom. The number of carbonyl (C=O) groups is 9. The fraction of sp³-hybridized carbons (Fsp3) is 0.488. The number of nitrogens with zero attached hydrogens (tertiary/aromatic N) is 1. The average Bonchev–Trinajstić information content (AvgIpc) is 3.71. The Morgan fingerprint density at radius 2 is 1.25 bits per heavy atom. The summed E-state index contributed by atoms with van der Waals surface area (Å²) in [5, 5.41) is 33.9. The monoisotopic (exact) mass is 851 g/mol. The molecule has 0 aromatic heterocycles. The average molecular weight is 852 g/mol. The van der Waals surface area contributed by atoms with Gasteiger partial charge in [-0.1, -0.05) is 74.5 Å². The van der Waals surface area contributed by atoms with Crippen molar-refractivity contribution in [1.29, 1.82) is 0 Å². The van der Waals surface area contributed by atoms with E-state index in [4.69, 9.17) is 11.5 Å². The third kappa shape index (κ3) is 15.3. The van der Waals surface area contributed by atoms with E-state index in [1.165, 1.54) is 18.7 Å². The van der Waals surface area contributed by atoms with Gasteiger partial charge in [0.1, 0.15) is 42.3 Å². The van der Waals surface area contributed by atoms with E-state index in [0.717, 1.165) is 5.56 Å². The summed E-state index contributed by atoms with van der Waals surface area (Å²) in [4.78, 5) is 118. The number of carboxylic acid groups (broad SMARTS) is 1. The minimum absolute atomic E-state index is 0.0219. The van der Waals surface area contributed by atoms with E-state index in [1.807, 2.05) is 0 Å². The Balaban J connectivity index is 1.67. The summed E-state index contributed by atoms with van der Waals surface area (Å²) in [7, 11) is 0. The van der Waals surface area contributed by atoms with Gasteiger partial charge in [-0.05, 0) is 43.7 Å². The van der Waals surface area contributed by atoms with E-state index in [2.05, 4.69) is 31.9 Å². The van der Waals surface area contributed by atoms with E-state index in [9.17, 15) is 53.4 Å². The van der Waals surface area contributed by atoms with Crippen LogP contribution in [-0.4, -0.2) is 130 Å². The number of primary amides is 1. The van der Waals surface area contributed by atoms with E-state index < -0.39 is 121 Å². The fourth-order valence-corrected chi connectivity index (χ4v) is 6.45. The zero-order chi connectivity index (χ0) is 45.4. The van der Waals surface area contributed by atoms with Gasteiger partial charge in [0, 0.05) is 19.4 Å². The van der Waals surface area contributed by atoms with Crippen molar-refractivity contribution in [3.8, 4) is 0 Å². The summed E-state index contributed by atoms with van der Waals surface area (Å²) >= 11 is 0. The number of benzene rings is 2. The molecule has 2 aromatic rings. The number of nitrogens with two attached hydrogens (primary N) is 2. The van der Waals surface area contributed by atoms with E-state index in [-0.39, 0.29) is 25.8 Å². The highest BCUT2D eigenvalue weighted by Crippen LogP contribution is 2.18. The quantitative estimate of drug-likeness (QED) is 0.0581. The van der Waals surface area contributed by atoms with Crippen molar-refractivity contribution in [3.63, 3.8) is 0 Å². The van der Waals surface area contributed by atoms with Gasteiger partial charge >= 0.3 is 5.97 Å². The molecule has 61 heavy (non-hydrogen) atoms. The van der Waals surface area contributed by atoms with Crippen LogP contribution in [0, 0.1) is 5.92 Å². The molecule has 8 atom stereocenters. The van der Waals surface area contributed by atoms with Crippen molar-refractivity contribution >= 4 is 53.2 Å². The number of carbonyl (C=O) groups excluding carboxylic acids is 8. The summed E-state index contributed by atoms with van der Waals surface area (Å²) in [6.07, 6.45) is -1.35. The van der Waals surface area contributed by atoms with Crippen LogP contribution in [0.2, 0.25) is 0 Å². The predicted molar refractivity (Wildman–Crippen MR) is 219 cm³/mol. The molecule has 3 rings (SSSR count). The van der Waals surface area contributed by atoms with Crippen LogP contribution in [-0.2, 0) is 56.0 Å². The molecule has 2 aromatic carbocycles. The lowest BCUT2D eigenvalue weighted by molar-refractivity contribution is -0.142. The maximum atomic E-state index is 13.8. The second-order valence-electron chi connectivity index (χ2n) is 15.3. The SMILES string of the molecule is CC(C)[C@H](NC(=O)[C@H](CC(=O)O)NC(=O)[C@@H](N)[C@@H](C)O)C(=O)NCC(=O)N1CCC[C@H]1C(=O)N[C@@H](Cc1ccccc1)C(=O)N[C@@H](C)C(=O)N[C@@H](Cc1ccccc1)C(N)=O. The summed E-state index contributed by atoms with van der Waals surface area (Å²) in [6.45, 7) is 5.38. The molecule has 12 N–H and O–H groups in total. The van der Waals surface area contributed by atoms with Crippen molar-refractivity contribution in [3.05, 3.63) is 71.8 Å². The van der Waals surface area contributed by atoms with Crippen LogP contribution in [0.5, 0.6) is 0 Å². The molecule has 1 saturated heterocycles. The molecule has 1 heterocycles. The minimum atomic E-state index is -1.65. The van der Waals surface area contributed by atoms with Gasteiger partial charge in [-0.15, -0.1) is 0 Å². The van der Waals surface area contributed by atoms with Crippen LogP contribution in [0.1, 0.15) is 58.1 Å². The molecule has 8 amide bonds. The van der Waals surface area contributed by atoms with Gasteiger partial charge in [0.05, 0.1) is 19.1 Å². The third-order valence-corrected chi connectivity index (χ3v) is 9.98. The molecule has 1 aliphatic heterocycles. The van der Waals surface area contributed by atoms with Crippen LogP contribution in [0.4, 0.5) is 0 Å². The number of likely N-dealkylation sites (tertiary alicyclic amines) is 1. The zero-order valence-corrected chi connectivity index (χ0v) is 34.6. The maximum absolute atomic E-state index is 13.8. The first-order valence-electron chi connectivity index (χ1n) is 19.9. The summed E-state index contributed by atoms with van der Waals surface area (Å²) in [5.74, 6) is -8.30. The van der Waals surface area contributed by atoms with Gasteiger partial charge in [-0.2, -0.15) is 0 Å². The standard InChI is InChI=1S/C41H57N9O11/c1-22(2)34(49-38(58)29(20-32(53)54)48-40(60)33(42)24(4)51)41(61)44-21-31(52)50-17-11-16-30(50)39(59)47-28(19-26-14-9-6-10-15-26)37(57)45-23(3)36(56)46-27(35(43)55)18-25-12-7-5-8-13-25/h5-10,12-15,22-24,27-30,33-34,51H,11,16-21,42H2,1-4H3,(H2,43,55)(H,44,61)(H,45,57)(H,46,56)(H,47,59)(H,48,60)(H,49,58)(H,53,54)/t23-,24+,27-,28-,29-,30-,33-,34-/m0/s1. The van der Waals surface area contributed by atoms with Crippen LogP contribution < -0.4 is 43.4 Å². The lowest BCUT2D eigenvalue weighted by Gasteiger charge is -2.28. The summed E-state index contributed by atoms with van der Waals surface area (Å²) in [6, 6.07) is 8.85. The predicted octanol–water partition coefficient (Wildman–Crippen LogP) is -2.65. The Morgan fingerprint density at radius 3 is 1.77 bits per heavy atom. The first-order chi connectivity index (χ1) is 28.8. The van der Waals surface area contributed by atoms with Crippen molar-refractivity contribution in [2.75, 3.05) is 13.1 Å². The molecular weight excluding hydrogens is 795 g/mol. The fourth-order valence-electron chi connectivity index (χ4n) is 6.45. The van der Waals surface area contributed by atoms with Gasteiger partial charge in [0.2, 0.25) is 47.3 Å². The normalized spacial score (nSPS) is 17.0. The number of aliphatic hydroxyl groups is 1. The number of nitrogens with one attached hydrogen (secondary N) is 6. The zero-order valence-electron chi connectivity index (χ0n) is 34.6. The van der Waals surface area contributed by atoms with Crippen molar-refractivity contribution in [2.24, 2.45) is 17.4 Å². The summed E-state index contributed by atoms with van der Waals surface area (Å²) < 4.78 is 0. The Labute approximate surface area is 353 Å². The largest absolute Gasteiger partial charge is 0.481 e. The molecular formula is C41H57N9O11. The first-order valence-corrected chi connectivity index (χ1v) is 19.9. The molecule has 332 valence electrons. The smallest absolute Gasteiger partial charge is 0.305 e. The van der Waals surface area contributed by atoms with E-state index >= 15 is 0 Å². The van der Waals surface area contributed by atoms with Crippen molar-refractivity contribution < 1.29 is 53.4 Å². The Hall–Kier alpha value is -6.41. The molecule has 20 heteroatoms. The molecule has 0 spiro atoms. The molecule has 20 nitrogen and oxygen atoms in total. The molecule has 0 saturated carbocycles. The first kappa shape index (κ1) is 49.0. The second kappa shape index (κ2) is 23.4. The highest BCUT2D eigenvalue weighted by molar-refractivity contribution is 5.98. The summed E-state index contributed by atoms with van der Waals surface area (Å²) in [5.41, 5.74) is 12.6. The number of aliphatic hydroxyl groups excluding tert-OH is 1. The minimum Gasteiger partial charge on any atom is -0.481 e. The Bertz CT molecular complexity index is 1880. The number of hydrogen-bond donors (Lipinski definition) is 10. The van der Waals surface area contributed by atoms with Gasteiger partial charge < -0.3 is 58.5 Å². The Kier molecular flexibility index (Phi) is 18.8. The number of amides is 8. The maximum Gasteiger partial charge on any atom is 0.305 e. The molecule has 1 aliphatic rings. The topological polar surface area (TPSA) is 322 Å². The highest BCUT2D eigenvalue weighted by atomic mass is 16.4. The lowest BCUT2D eigenvalue weighted by atomic mass is 10.0. The van der Waals surface area contributed by atoms with Gasteiger partial charge in [-0.3, -0.25) is 43.2 Å². The van der Waals surface area contributed by atoms with E-state index in [0.29, 0.717) is 12.0 Å². The number of hydrogen-bond acceptors (Lipinski definition) is 11. The van der Waals surface area contributed by atoms with Gasteiger partial charge in [0.15, 0.2) is 0 Å². The highest BCUT2D eigenvalue weighted by Gasteiger charge is 2.37. The molecule has 0 unspecified atom stereocenters. The third-order valence-electron chi connectivity index (χ3n) is 9.98. The van der Waals surface area contributed by atoms with Gasteiger partial charge in [0.25, 0.3) is 0 Å². The molecule has 1 fully saturated rings. The molecule has 0 radical (unpaired) electrons. The molecule has 0 aliphatic carbocycles. The van der Waals surface area contributed by atoms with Crippen LogP contribution in [0.25, 0.3) is 0 Å². The lowest BCUT2D eigenvalue weighted by Crippen LogP contribution is -2.59. The van der Waals surface area contributed by atoms with Gasteiger partial charge in [-0.25, -0.2) is 0 Å². The number of carboxylic acids is 1. The van der Waals surface area contributed by atoms with Crippen molar-refractivity contribution in [2.45, 2.75) is 108 Å². The van der Waals surface area contributed by atoms with E-state index in [1.54, 1.807) is 74.5 Å². The van der Waals surface area contributed by atoms with Crippen LogP contribution >= 0.6 is 0 Å². The van der Waals surface area contributed by atoms with Crippen LogP contribution in [0.3, 0.4) is 0 Å². The molecule has 0 bridgehead atoms. The number of rotatable bonds is 22. The second-order valence-corrected chi connectivity index (χ2v) is 15.3. The van der Waals surface area contributed by atoms with Crippen LogP contribution in [0.15, 0.2) is 60.7 Å². The van der Waals surface area contributed by atoms with Crippen molar-refractivity contribution in [1.82, 2.24) is 36.8 Å². The number of aliphatic carboxylic acids is 1.